The minimum atomic E-state index is -0.622. The standard InChI is InChI=1S/C26H29ClN4O3/c1-31(16-20-4-3-13-28-25(20)34-2)26(33)18-7-5-17(6-8-18)14-21-10-11-22(30-21)24(32)19-9-12-23(27)29-15-19/h3-9,12-13,15,21-22,24,30,32H,10-11,14,16H2,1-2H3/t21-,22+,24?/m0/s1. The highest BCUT2D eigenvalue weighted by Crippen LogP contribution is 2.27. The molecule has 0 saturated carbocycles. The third-order valence-corrected chi connectivity index (χ3v) is 6.45. The summed E-state index contributed by atoms with van der Waals surface area (Å²) in [6.07, 6.45) is 5.36. The number of benzene rings is 1. The van der Waals surface area contributed by atoms with E-state index in [1.807, 2.05) is 42.5 Å². The van der Waals surface area contributed by atoms with Crippen LogP contribution in [-0.4, -0.2) is 52.1 Å². The summed E-state index contributed by atoms with van der Waals surface area (Å²) in [4.78, 5) is 22.8. The highest BCUT2D eigenvalue weighted by molar-refractivity contribution is 6.29. The molecule has 178 valence electrons. The lowest BCUT2D eigenvalue weighted by molar-refractivity contribution is 0.0784. The van der Waals surface area contributed by atoms with Gasteiger partial charge in [-0.05, 0) is 49.1 Å². The Morgan fingerprint density at radius 1 is 1.21 bits per heavy atom. The lowest BCUT2D eigenvalue weighted by Crippen LogP contribution is -2.35. The molecule has 34 heavy (non-hydrogen) atoms. The largest absolute Gasteiger partial charge is 0.481 e. The van der Waals surface area contributed by atoms with Gasteiger partial charge in [-0.2, -0.15) is 0 Å². The quantitative estimate of drug-likeness (QED) is 0.477. The molecular formula is C26H29ClN4O3. The van der Waals surface area contributed by atoms with Crippen molar-refractivity contribution >= 4 is 17.5 Å². The number of amides is 1. The van der Waals surface area contributed by atoms with Crippen LogP contribution in [0.3, 0.4) is 0 Å². The first-order valence-electron chi connectivity index (χ1n) is 11.3. The molecule has 1 unspecified atom stereocenters. The van der Waals surface area contributed by atoms with E-state index in [9.17, 15) is 9.90 Å². The zero-order valence-electron chi connectivity index (χ0n) is 19.3. The van der Waals surface area contributed by atoms with Crippen LogP contribution in [0.25, 0.3) is 0 Å². The second-order valence-electron chi connectivity index (χ2n) is 8.64. The Morgan fingerprint density at radius 3 is 2.71 bits per heavy atom. The van der Waals surface area contributed by atoms with Crippen LogP contribution < -0.4 is 10.1 Å². The Hall–Kier alpha value is -3.00. The van der Waals surface area contributed by atoms with Crippen LogP contribution in [-0.2, 0) is 13.0 Å². The molecule has 3 atom stereocenters. The molecule has 2 aromatic heterocycles. The number of pyridine rings is 2. The summed E-state index contributed by atoms with van der Waals surface area (Å²) in [5, 5.41) is 14.6. The van der Waals surface area contributed by atoms with Gasteiger partial charge in [0.05, 0.1) is 19.8 Å². The molecule has 1 amide bonds. The second-order valence-corrected chi connectivity index (χ2v) is 9.03. The van der Waals surface area contributed by atoms with E-state index in [0.29, 0.717) is 23.1 Å². The molecule has 0 aliphatic carbocycles. The number of hydrogen-bond donors (Lipinski definition) is 2. The number of hydrogen-bond acceptors (Lipinski definition) is 6. The summed E-state index contributed by atoms with van der Waals surface area (Å²) in [6.45, 7) is 0.413. The van der Waals surface area contributed by atoms with Gasteiger partial charge in [0.1, 0.15) is 5.15 Å². The fraction of sp³-hybridized carbons (Fsp3) is 0.346. The average Bonchev–Trinajstić information content (AvgIpc) is 3.33. The van der Waals surface area contributed by atoms with Gasteiger partial charge in [-0.1, -0.05) is 35.9 Å². The minimum Gasteiger partial charge on any atom is -0.481 e. The van der Waals surface area contributed by atoms with E-state index in [1.54, 1.807) is 37.5 Å². The molecule has 1 aromatic carbocycles. The Morgan fingerprint density at radius 2 is 2.00 bits per heavy atom. The first kappa shape index (κ1) is 24.1. The third-order valence-electron chi connectivity index (χ3n) is 6.23. The van der Waals surface area contributed by atoms with Crippen LogP contribution in [0.4, 0.5) is 0 Å². The Kier molecular flexibility index (Phi) is 7.77. The van der Waals surface area contributed by atoms with Gasteiger partial charge < -0.3 is 20.1 Å². The topological polar surface area (TPSA) is 87.6 Å². The average molecular weight is 481 g/mol. The molecule has 3 aromatic rings. The summed E-state index contributed by atoms with van der Waals surface area (Å²) >= 11 is 5.85. The molecule has 2 N–H and O–H groups in total. The zero-order chi connectivity index (χ0) is 24.1. The summed E-state index contributed by atoms with van der Waals surface area (Å²) in [5.74, 6) is 0.466. The predicted octanol–water partition coefficient (Wildman–Crippen LogP) is 3.81. The third kappa shape index (κ3) is 5.73. The minimum absolute atomic E-state index is 0.0213. The van der Waals surface area contributed by atoms with Crippen molar-refractivity contribution in [1.29, 1.82) is 0 Å². The predicted molar refractivity (Wildman–Crippen MR) is 131 cm³/mol. The van der Waals surface area contributed by atoms with Crippen molar-refractivity contribution in [3.05, 3.63) is 88.3 Å². The number of methoxy groups -OCH3 is 1. The summed E-state index contributed by atoms with van der Waals surface area (Å²) < 4.78 is 5.28. The zero-order valence-corrected chi connectivity index (χ0v) is 20.1. The Bertz CT molecular complexity index is 1110. The van der Waals surface area contributed by atoms with Gasteiger partial charge in [0.2, 0.25) is 5.88 Å². The van der Waals surface area contributed by atoms with Crippen molar-refractivity contribution < 1.29 is 14.6 Å². The molecular weight excluding hydrogens is 452 g/mol. The van der Waals surface area contributed by atoms with Crippen molar-refractivity contribution in [3.8, 4) is 5.88 Å². The molecule has 1 saturated heterocycles. The van der Waals surface area contributed by atoms with Gasteiger partial charge in [-0.15, -0.1) is 0 Å². The molecule has 7 nitrogen and oxygen atoms in total. The van der Waals surface area contributed by atoms with Gasteiger partial charge in [-0.3, -0.25) is 4.79 Å². The summed E-state index contributed by atoms with van der Waals surface area (Å²) in [7, 11) is 3.34. The van der Waals surface area contributed by atoms with E-state index >= 15 is 0 Å². The lowest BCUT2D eigenvalue weighted by Gasteiger charge is -2.20. The van der Waals surface area contributed by atoms with Crippen molar-refractivity contribution in [2.75, 3.05) is 14.2 Å². The van der Waals surface area contributed by atoms with Crippen LogP contribution in [0.5, 0.6) is 5.88 Å². The number of nitrogens with zero attached hydrogens (tertiary/aromatic N) is 3. The number of aliphatic hydroxyl groups excluding tert-OH is 1. The summed E-state index contributed by atoms with van der Waals surface area (Å²) in [5.41, 5.74) is 3.40. The van der Waals surface area contributed by atoms with Crippen molar-refractivity contribution in [1.82, 2.24) is 20.2 Å². The van der Waals surface area contributed by atoms with Crippen LogP contribution >= 0.6 is 11.6 Å². The maximum atomic E-state index is 12.9. The van der Waals surface area contributed by atoms with E-state index < -0.39 is 6.10 Å². The molecule has 1 fully saturated rings. The summed E-state index contributed by atoms with van der Waals surface area (Å²) in [6, 6.07) is 15.2. The number of ether oxygens (including phenoxy) is 1. The fourth-order valence-electron chi connectivity index (χ4n) is 4.40. The fourth-order valence-corrected chi connectivity index (χ4v) is 4.51. The first-order valence-corrected chi connectivity index (χ1v) is 11.7. The molecule has 1 aliphatic heterocycles. The molecule has 0 spiro atoms. The lowest BCUT2D eigenvalue weighted by atomic mass is 10.0. The molecule has 1 aliphatic rings. The molecule has 0 bridgehead atoms. The number of rotatable bonds is 8. The molecule has 8 heteroatoms. The number of halogens is 1. The van der Waals surface area contributed by atoms with Crippen LogP contribution in [0.1, 0.15) is 46.0 Å². The normalized spacial score (nSPS) is 18.5. The highest BCUT2D eigenvalue weighted by Gasteiger charge is 2.30. The van der Waals surface area contributed by atoms with E-state index in [4.69, 9.17) is 16.3 Å². The molecule has 0 radical (unpaired) electrons. The van der Waals surface area contributed by atoms with Crippen LogP contribution in [0.2, 0.25) is 5.15 Å². The maximum Gasteiger partial charge on any atom is 0.253 e. The number of carbonyl (C=O) groups excluding carboxylic acids is 1. The van der Waals surface area contributed by atoms with E-state index in [0.717, 1.165) is 36.0 Å². The van der Waals surface area contributed by atoms with Gasteiger partial charge in [0.25, 0.3) is 5.91 Å². The van der Waals surface area contributed by atoms with Gasteiger partial charge in [0, 0.05) is 48.2 Å². The smallest absolute Gasteiger partial charge is 0.253 e. The van der Waals surface area contributed by atoms with Crippen molar-refractivity contribution in [3.63, 3.8) is 0 Å². The van der Waals surface area contributed by atoms with Gasteiger partial charge in [0.15, 0.2) is 0 Å². The van der Waals surface area contributed by atoms with Crippen molar-refractivity contribution in [2.24, 2.45) is 0 Å². The number of aromatic nitrogens is 2. The SMILES string of the molecule is COc1ncccc1CN(C)C(=O)c1ccc(C[C@@H]2CC[C@H](C(O)c3ccc(Cl)nc3)N2)cc1. The Labute approximate surface area is 204 Å². The number of aliphatic hydroxyl groups is 1. The van der Waals surface area contributed by atoms with E-state index in [1.165, 1.54) is 0 Å². The number of nitrogens with one attached hydrogen (secondary N) is 1. The first-order chi connectivity index (χ1) is 16.4. The monoisotopic (exact) mass is 480 g/mol. The van der Waals surface area contributed by atoms with Crippen LogP contribution in [0.15, 0.2) is 60.9 Å². The van der Waals surface area contributed by atoms with Crippen molar-refractivity contribution in [2.45, 2.75) is 44.0 Å². The number of carbonyl (C=O) groups is 1. The van der Waals surface area contributed by atoms with E-state index in [-0.39, 0.29) is 18.0 Å². The van der Waals surface area contributed by atoms with E-state index in [2.05, 4.69) is 15.3 Å². The second kappa shape index (κ2) is 11.0. The van der Waals surface area contributed by atoms with Gasteiger partial charge in [-0.25, -0.2) is 9.97 Å². The molecule has 4 rings (SSSR count). The molecule has 3 heterocycles. The van der Waals surface area contributed by atoms with Gasteiger partial charge >= 0.3 is 0 Å². The van der Waals surface area contributed by atoms with Crippen LogP contribution in [0, 0.1) is 0 Å². The highest BCUT2D eigenvalue weighted by atomic mass is 35.5. The maximum absolute atomic E-state index is 12.9. The Balaban J connectivity index is 1.32.